The monoisotopic (exact) mass is 492 g/mol. The van der Waals surface area contributed by atoms with Crippen LogP contribution in [0.4, 0.5) is 10.1 Å². The standard InChI is InChI=1S/C29H21FN4O3/c30-16-11-13-17(14-12-16)33-26(36)23-22-10-5-15-32(22)29(24(23)27(33)37)19-7-2-4-9-21(19)34-25(35)18-6-1-3-8-20(18)31-28(29)34/h1-4,6-9,11-14,22-24H,5,10,15H2/t22-,23-,24+,29+/m0/s1. The van der Waals surface area contributed by atoms with Crippen LogP contribution in [0.15, 0.2) is 77.6 Å². The lowest BCUT2D eigenvalue weighted by atomic mass is 9.75. The molecule has 0 bridgehead atoms. The summed E-state index contributed by atoms with van der Waals surface area (Å²) in [5.74, 6) is -1.87. The van der Waals surface area contributed by atoms with Gasteiger partial charge >= 0.3 is 0 Å². The van der Waals surface area contributed by atoms with Gasteiger partial charge in [-0.25, -0.2) is 14.3 Å². The van der Waals surface area contributed by atoms with Gasteiger partial charge in [0.1, 0.15) is 17.2 Å². The molecule has 3 fully saturated rings. The van der Waals surface area contributed by atoms with E-state index in [0.29, 0.717) is 34.6 Å². The average Bonchev–Trinajstić information content (AvgIpc) is 3.62. The van der Waals surface area contributed by atoms with Gasteiger partial charge in [-0.2, -0.15) is 0 Å². The van der Waals surface area contributed by atoms with Gasteiger partial charge in [0.15, 0.2) is 0 Å². The molecule has 4 aliphatic heterocycles. The summed E-state index contributed by atoms with van der Waals surface area (Å²) in [5.41, 5.74) is 1.23. The number of imide groups is 1. The molecule has 182 valence electrons. The molecule has 4 atom stereocenters. The molecule has 1 aromatic heterocycles. The van der Waals surface area contributed by atoms with Gasteiger partial charge in [0.2, 0.25) is 11.8 Å². The number of carbonyl (C=O) groups is 2. The maximum Gasteiger partial charge on any atom is 0.266 e. The first-order valence-corrected chi connectivity index (χ1v) is 12.6. The minimum atomic E-state index is -1.05. The van der Waals surface area contributed by atoms with E-state index in [9.17, 15) is 18.8 Å². The number of rotatable bonds is 1. The van der Waals surface area contributed by atoms with E-state index in [4.69, 9.17) is 4.98 Å². The molecule has 0 radical (unpaired) electrons. The smallest absolute Gasteiger partial charge is 0.266 e. The highest BCUT2D eigenvalue weighted by atomic mass is 19.1. The van der Waals surface area contributed by atoms with Crippen molar-refractivity contribution in [2.75, 3.05) is 11.4 Å². The van der Waals surface area contributed by atoms with Crippen molar-refractivity contribution in [3.8, 4) is 5.69 Å². The van der Waals surface area contributed by atoms with Gasteiger partial charge in [-0.3, -0.25) is 23.9 Å². The third kappa shape index (κ3) is 2.35. The molecule has 4 aromatic rings. The van der Waals surface area contributed by atoms with Gasteiger partial charge < -0.3 is 0 Å². The molecule has 3 aromatic carbocycles. The van der Waals surface area contributed by atoms with E-state index >= 15 is 0 Å². The first-order chi connectivity index (χ1) is 18.0. The molecule has 8 rings (SSSR count). The third-order valence-electron chi connectivity index (χ3n) is 8.73. The molecule has 8 heteroatoms. The fourth-order valence-corrected chi connectivity index (χ4v) is 7.46. The lowest BCUT2D eigenvalue weighted by molar-refractivity contribution is -0.124. The van der Waals surface area contributed by atoms with Crippen LogP contribution < -0.4 is 10.5 Å². The van der Waals surface area contributed by atoms with E-state index in [1.807, 2.05) is 42.5 Å². The summed E-state index contributed by atoms with van der Waals surface area (Å²) in [4.78, 5) is 50.7. The van der Waals surface area contributed by atoms with Crippen LogP contribution in [0.3, 0.4) is 0 Å². The Kier molecular flexibility index (Phi) is 3.96. The van der Waals surface area contributed by atoms with Crippen molar-refractivity contribution in [1.29, 1.82) is 0 Å². The Balaban J connectivity index is 1.45. The Labute approximate surface area is 210 Å². The van der Waals surface area contributed by atoms with E-state index < -0.39 is 23.2 Å². The third-order valence-corrected chi connectivity index (χ3v) is 8.73. The SMILES string of the molecule is O=C1[C@H]2[C@@H]3CCCN3[C@]3(c4ccccc4-n4c3nc3ccccc3c4=O)[C@H]2C(=O)N1c1ccc(F)cc1. The number of para-hydroxylation sites is 2. The van der Waals surface area contributed by atoms with Crippen LogP contribution in [0.25, 0.3) is 16.6 Å². The van der Waals surface area contributed by atoms with Crippen LogP contribution in [-0.2, 0) is 15.1 Å². The highest BCUT2D eigenvalue weighted by molar-refractivity contribution is 6.23. The predicted molar refractivity (Wildman–Crippen MR) is 134 cm³/mol. The van der Waals surface area contributed by atoms with Crippen molar-refractivity contribution in [1.82, 2.24) is 14.5 Å². The van der Waals surface area contributed by atoms with Crippen molar-refractivity contribution in [3.05, 3.63) is 100 Å². The van der Waals surface area contributed by atoms with Crippen molar-refractivity contribution in [2.45, 2.75) is 24.4 Å². The second-order valence-electron chi connectivity index (χ2n) is 10.3. The molecule has 7 nitrogen and oxygen atoms in total. The maximum absolute atomic E-state index is 14.3. The fraction of sp³-hybridized carbons (Fsp3) is 0.241. The van der Waals surface area contributed by atoms with E-state index in [1.54, 1.807) is 10.6 Å². The first kappa shape index (κ1) is 21.0. The molecule has 0 aliphatic carbocycles. The quantitative estimate of drug-likeness (QED) is 0.381. The van der Waals surface area contributed by atoms with Crippen molar-refractivity contribution < 1.29 is 14.0 Å². The summed E-state index contributed by atoms with van der Waals surface area (Å²) >= 11 is 0. The number of hydrogen-bond acceptors (Lipinski definition) is 5. The predicted octanol–water partition coefficient (Wildman–Crippen LogP) is 3.37. The summed E-state index contributed by atoms with van der Waals surface area (Å²) in [6.45, 7) is 0.700. The zero-order chi connectivity index (χ0) is 25.1. The largest absolute Gasteiger partial charge is 0.283 e. The molecule has 3 saturated heterocycles. The van der Waals surface area contributed by atoms with Gasteiger partial charge in [-0.05, 0) is 61.9 Å². The number of aromatic nitrogens is 2. The topological polar surface area (TPSA) is 75.5 Å². The fourth-order valence-electron chi connectivity index (χ4n) is 7.46. The Morgan fingerprint density at radius 3 is 2.49 bits per heavy atom. The number of nitrogens with zero attached hydrogens (tertiary/aromatic N) is 4. The van der Waals surface area contributed by atoms with Crippen LogP contribution in [0.1, 0.15) is 24.2 Å². The minimum absolute atomic E-state index is 0.158. The van der Waals surface area contributed by atoms with Crippen LogP contribution in [0, 0.1) is 17.7 Å². The molecule has 1 spiro atoms. The number of benzene rings is 3. The summed E-state index contributed by atoms with van der Waals surface area (Å²) in [6, 6.07) is 20.2. The molecule has 0 saturated carbocycles. The zero-order valence-corrected chi connectivity index (χ0v) is 19.7. The normalized spacial score (nSPS) is 27.7. The summed E-state index contributed by atoms with van der Waals surface area (Å²) in [5, 5.41) is 0.507. The van der Waals surface area contributed by atoms with Crippen molar-refractivity contribution in [2.24, 2.45) is 11.8 Å². The van der Waals surface area contributed by atoms with Crippen LogP contribution >= 0.6 is 0 Å². The molecule has 37 heavy (non-hydrogen) atoms. The van der Waals surface area contributed by atoms with Crippen molar-refractivity contribution in [3.63, 3.8) is 0 Å². The number of hydrogen-bond donors (Lipinski definition) is 0. The highest BCUT2D eigenvalue weighted by Gasteiger charge is 2.73. The van der Waals surface area contributed by atoms with Crippen LogP contribution in [-0.4, -0.2) is 38.9 Å². The Morgan fingerprint density at radius 2 is 1.65 bits per heavy atom. The van der Waals surface area contributed by atoms with Gasteiger partial charge in [-0.15, -0.1) is 0 Å². The lowest BCUT2D eigenvalue weighted by Crippen LogP contribution is -2.51. The Hall–Kier alpha value is -4.17. The summed E-state index contributed by atoms with van der Waals surface area (Å²) < 4.78 is 15.3. The molecular weight excluding hydrogens is 471 g/mol. The van der Waals surface area contributed by atoms with E-state index in [-0.39, 0.29) is 23.4 Å². The molecule has 0 unspecified atom stereocenters. The number of halogens is 1. The Bertz CT molecular complexity index is 1730. The van der Waals surface area contributed by atoms with Crippen LogP contribution in [0.5, 0.6) is 0 Å². The second-order valence-corrected chi connectivity index (χ2v) is 10.3. The zero-order valence-electron chi connectivity index (χ0n) is 19.7. The van der Waals surface area contributed by atoms with Gasteiger partial charge in [0, 0.05) is 11.6 Å². The lowest BCUT2D eigenvalue weighted by Gasteiger charge is -2.38. The number of anilines is 1. The van der Waals surface area contributed by atoms with E-state index in [1.165, 1.54) is 29.2 Å². The van der Waals surface area contributed by atoms with E-state index in [0.717, 1.165) is 18.4 Å². The first-order valence-electron chi connectivity index (χ1n) is 12.6. The molecular formula is C29H21FN4O3. The van der Waals surface area contributed by atoms with Crippen LogP contribution in [0.2, 0.25) is 0 Å². The number of amides is 2. The maximum atomic E-state index is 14.3. The average molecular weight is 493 g/mol. The van der Waals surface area contributed by atoms with Gasteiger partial charge in [0.25, 0.3) is 5.56 Å². The molecule has 2 amide bonds. The second kappa shape index (κ2) is 6.98. The van der Waals surface area contributed by atoms with Gasteiger partial charge in [-0.1, -0.05) is 30.3 Å². The Morgan fingerprint density at radius 1 is 0.892 bits per heavy atom. The highest BCUT2D eigenvalue weighted by Crippen LogP contribution is 2.62. The minimum Gasteiger partial charge on any atom is -0.283 e. The number of fused-ring (bicyclic) bond motifs is 11. The molecule has 0 N–H and O–H groups in total. The summed E-state index contributed by atoms with van der Waals surface area (Å²) in [7, 11) is 0. The molecule has 4 aliphatic rings. The molecule has 5 heterocycles. The summed E-state index contributed by atoms with van der Waals surface area (Å²) in [6.07, 6.45) is 1.66. The number of carbonyl (C=O) groups excluding carboxylic acids is 2. The van der Waals surface area contributed by atoms with E-state index in [2.05, 4.69) is 4.90 Å². The van der Waals surface area contributed by atoms with Crippen molar-refractivity contribution >= 4 is 28.4 Å². The van der Waals surface area contributed by atoms with Gasteiger partial charge in [0.05, 0.1) is 34.1 Å².